The van der Waals surface area contributed by atoms with Gasteiger partial charge in [0.05, 0.1) is 0 Å². The molecule has 0 aromatic carbocycles. The third-order valence-electron chi connectivity index (χ3n) is 2.48. The van der Waals surface area contributed by atoms with Gasteiger partial charge in [0, 0.05) is 20.0 Å². The molecule has 1 aliphatic rings. The van der Waals surface area contributed by atoms with Crippen LogP contribution in [0.1, 0.15) is 35.6 Å². The van der Waals surface area contributed by atoms with Crippen molar-refractivity contribution in [3.63, 3.8) is 0 Å². The van der Waals surface area contributed by atoms with Crippen LogP contribution >= 0.6 is 0 Å². The first-order valence-corrected chi connectivity index (χ1v) is 4.99. The second-order valence-corrected chi connectivity index (χ2v) is 3.60. The number of amides is 1. The molecule has 4 nitrogen and oxygen atoms in total. The molecule has 0 unspecified atom stereocenters. The summed E-state index contributed by atoms with van der Waals surface area (Å²) in [6.45, 7) is 3.45. The number of aryl methyl sites for hydroxylation is 1. The van der Waals surface area contributed by atoms with E-state index in [0.717, 1.165) is 25.9 Å². The lowest BCUT2D eigenvalue weighted by molar-refractivity contribution is 0.0718. The predicted octanol–water partition coefficient (Wildman–Crippen LogP) is 1.61. The molecule has 0 bridgehead atoms. The van der Waals surface area contributed by atoms with Crippen molar-refractivity contribution in [3.05, 3.63) is 17.8 Å². The van der Waals surface area contributed by atoms with Gasteiger partial charge in [-0.3, -0.25) is 4.79 Å². The number of hydrogen-bond acceptors (Lipinski definition) is 3. The molecule has 14 heavy (non-hydrogen) atoms. The van der Waals surface area contributed by atoms with Crippen LogP contribution in [0.5, 0.6) is 0 Å². The maximum Gasteiger partial charge on any atom is 0.275 e. The zero-order valence-electron chi connectivity index (χ0n) is 8.32. The number of nitrogens with zero attached hydrogens (tertiary/aromatic N) is 2. The molecule has 1 aliphatic heterocycles. The molecule has 4 heteroatoms. The highest BCUT2D eigenvalue weighted by Crippen LogP contribution is 2.12. The Hall–Kier alpha value is -1.32. The minimum absolute atomic E-state index is 0.00144. The largest absolute Gasteiger partial charge is 0.448 e. The van der Waals surface area contributed by atoms with Gasteiger partial charge in [-0.25, -0.2) is 4.98 Å². The third-order valence-corrected chi connectivity index (χ3v) is 2.48. The molecule has 0 N–H and O–H groups in total. The molecule has 0 saturated carbocycles. The summed E-state index contributed by atoms with van der Waals surface area (Å²) in [5.41, 5.74) is 0.435. The van der Waals surface area contributed by atoms with Crippen LogP contribution < -0.4 is 0 Å². The fraction of sp³-hybridized carbons (Fsp3) is 0.600. The van der Waals surface area contributed by atoms with Gasteiger partial charge < -0.3 is 9.32 Å². The van der Waals surface area contributed by atoms with Gasteiger partial charge in [0.25, 0.3) is 5.91 Å². The SMILES string of the molecule is Cc1nc(C(=O)N2CCCCC2)co1. The van der Waals surface area contributed by atoms with Crippen LogP contribution in [0, 0.1) is 6.92 Å². The topological polar surface area (TPSA) is 46.3 Å². The van der Waals surface area contributed by atoms with Crippen molar-refractivity contribution in [2.24, 2.45) is 0 Å². The summed E-state index contributed by atoms with van der Waals surface area (Å²) in [4.78, 5) is 17.7. The van der Waals surface area contributed by atoms with Crippen molar-refractivity contribution >= 4 is 5.91 Å². The Morgan fingerprint density at radius 3 is 2.71 bits per heavy atom. The van der Waals surface area contributed by atoms with Crippen LogP contribution in [-0.2, 0) is 0 Å². The zero-order chi connectivity index (χ0) is 9.97. The monoisotopic (exact) mass is 194 g/mol. The fourth-order valence-corrected chi connectivity index (χ4v) is 1.72. The zero-order valence-corrected chi connectivity index (χ0v) is 8.32. The van der Waals surface area contributed by atoms with Gasteiger partial charge in [-0.1, -0.05) is 0 Å². The summed E-state index contributed by atoms with van der Waals surface area (Å²) in [6.07, 6.45) is 4.86. The van der Waals surface area contributed by atoms with Crippen molar-refractivity contribution < 1.29 is 9.21 Å². The van der Waals surface area contributed by atoms with Crippen molar-refractivity contribution in [1.82, 2.24) is 9.88 Å². The van der Waals surface area contributed by atoms with E-state index in [0.29, 0.717) is 11.6 Å². The summed E-state index contributed by atoms with van der Waals surface area (Å²) in [5.74, 6) is 0.548. The van der Waals surface area contributed by atoms with Gasteiger partial charge in [-0.2, -0.15) is 0 Å². The Labute approximate surface area is 82.9 Å². The lowest BCUT2D eigenvalue weighted by atomic mass is 10.1. The quantitative estimate of drug-likeness (QED) is 0.682. The van der Waals surface area contributed by atoms with Crippen molar-refractivity contribution in [2.75, 3.05) is 13.1 Å². The highest BCUT2D eigenvalue weighted by atomic mass is 16.3. The van der Waals surface area contributed by atoms with Gasteiger partial charge in [0.1, 0.15) is 6.26 Å². The Morgan fingerprint density at radius 2 is 2.14 bits per heavy atom. The number of piperidine rings is 1. The van der Waals surface area contributed by atoms with Crippen molar-refractivity contribution in [3.8, 4) is 0 Å². The molecule has 1 aromatic rings. The summed E-state index contributed by atoms with van der Waals surface area (Å²) in [5, 5.41) is 0. The van der Waals surface area contributed by atoms with E-state index in [4.69, 9.17) is 4.42 Å². The van der Waals surface area contributed by atoms with E-state index in [2.05, 4.69) is 4.98 Å². The maximum absolute atomic E-state index is 11.8. The molecule has 1 aromatic heterocycles. The maximum atomic E-state index is 11.8. The number of oxazole rings is 1. The van der Waals surface area contributed by atoms with E-state index >= 15 is 0 Å². The molecule has 1 amide bonds. The highest BCUT2D eigenvalue weighted by Gasteiger charge is 2.20. The van der Waals surface area contributed by atoms with Gasteiger partial charge in [-0.15, -0.1) is 0 Å². The first-order valence-electron chi connectivity index (χ1n) is 4.99. The van der Waals surface area contributed by atoms with Gasteiger partial charge in [-0.05, 0) is 19.3 Å². The molecule has 0 radical (unpaired) electrons. The van der Waals surface area contributed by atoms with E-state index in [1.807, 2.05) is 4.90 Å². The molecular weight excluding hydrogens is 180 g/mol. The Kier molecular flexibility index (Phi) is 2.52. The predicted molar refractivity (Wildman–Crippen MR) is 51.0 cm³/mol. The number of carbonyl (C=O) groups is 1. The smallest absolute Gasteiger partial charge is 0.275 e. The van der Waals surface area contributed by atoms with E-state index in [1.165, 1.54) is 12.7 Å². The Morgan fingerprint density at radius 1 is 1.43 bits per heavy atom. The standard InChI is InChI=1S/C10H14N2O2/c1-8-11-9(7-14-8)10(13)12-5-3-2-4-6-12/h7H,2-6H2,1H3. The van der Waals surface area contributed by atoms with E-state index < -0.39 is 0 Å². The normalized spacial score (nSPS) is 17.1. The highest BCUT2D eigenvalue weighted by molar-refractivity contribution is 5.92. The van der Waals surface area contributed by atoms with Gasteiger partial charge >= 0.3 is 0 Å². The minimum atomic E-state index is 0.00144. The summed E-state index contributed by atoms with van der Waals surface area (Å²) in [6, 6.07) is 0. The molecule has 2 heterocycles. The second kappa shape index (κ2) is 3.82. The molecule has 1 fully saturated rings. The Balaban J connectivity index is 2.07. The molecule has 2 rings (SSSR count). The van der Waals surface area contributed by atoms with Gasteiger partial charge in [0.15, 0.2) is 11.6 Å². The van der Waals surface area contributed by atoms with E-state index in [-0.39, 0.29) is 5.91 Å². The van der Waals surface area contributed by atoms with E-state index in [9.17, 15) is 4.79 Å². The van der Waals surface area contributed by atoms with Crippen molar-refractivity contribution in [1.29, 1.82) is 0 Å². The fourth-order valence-electron chi connectivity index (χ4n) is 1.72. The summed E-state index contributed by atoms with van der Waals surface area (Å²) in [7, 11) is 0. The average molecular weight is 194 g/mol. The molecule has 0 aliphatic carbocycles. The Bertz CT molecular complexity index is 327. The van der Waals surface area contributed by atoms with Crippen LogP contribution in [0.2, 0.25) is 0 Å². The first kappa shape index (κ1) is 9.24. The van der Waals surface area contributed by atoms with Crippen LogP contribution in [-0.4, -0.2) is 28.9 Å². The molecule has 0 atom stereocenters. The lowest BCUT2D eigenvalue weighted by Gasteiger charge is -2.25. The number of rotatable bonds is 1. The minimum Gasteiger partial charge on any atom is -0.448 e. The van der Waals surface area contributed by atoms with E-state index in [1.54, 1.807) is 6.92 Å². The average Bonchev–Trinajstić information content (AvgIpc) is 2.65. The molecule has 1 saturated heterocycles. The van der Waals surface area contributed by atoms with Crippen molar-refractivity contribution in [2.45, 2.75) is 26.2 Å². The van der Waals surface area contributed by atoms with Crippen LogP contribution in [0.4, 0.5) is 0 Å². The number of likely N-dealkylation sites (tertiary alicyclic amines) is 1. The number of hydrogen-bond donors (Lipinski definition) is 0. The molecule has 76 valence electrons. The second-order valence-electron chi connectivity index (χ2n) is 3.60. The third kappa shape index (κ3) is 1.78. The summed E-state index contributed by atoms with van der Waals surface area (Å²) >= 11 is 0. The molecular formula is C10H14N2O2. The number of carbonyl (C=O) groups excluding carboxylic acids is 1. The molecule has 0 spiro atoms. The number of aromatic nitrogens is 1. The van der Waals surface area contributed by atoms with Crippen LogP contribution in [0.3, 0.4) is 0 Å². The van der Waals surface area contributed by atoms with Gasteiger partial charge in [0.2, 0.25) is 0 Å². The van der Waals surface area contributed by atoms with Crippen LogP contribution in [0.25, 0.3) is 0 Å². The van der Waals surface area contributed by atoms with Crippen LogP contribution in [0.15, 0.2) is 10.7 Å². The lowest BCUT2D eigenvalue weighted by Crippen LogP contribution is -2.35. The summed E-state index contributed by atoms with van der Waals surface area (Å²) < 4.78 is 5.02. The first-order chi connectivity index (χ1) is 6.77.